The molecule has 1 amide bonds. The highest BCUT2D eigenvalue weighted by Gasteiger charge is 2.09. The molecule has 0 saturated carbocycles. The predicted molar refractivity (Wildman–Crippen MR) is 93.2 cm³/mol. The van der Waals surface area contributed by atoms with Gasteiger partial charge in [0.1, 0.15) is 18.1 Å². The third kappa shape index (κ3) is 3.43. The maximum absolute atomic E-state index is 12.1. The Morgan fingerprint density at radius 3 is 2.75 bits per heavy atom. The first-order valence-corrected chi connectivity index (χ1v) is 7.55. The molecule has 0 bridgehead atoms. The topological polar surface area (TPSA) is 68.5 Å². The van der Waals surface area contributed by atoms with Crippen molar-refractivity contribution in [3.05, 3.63) is 59.9 Å². The summed E-state index contributed by atoms with van der Waals surface area (Å²) in [7, 11) is 1.62. The number of rotatable bonds is 5. The minimum Gasteiger partial charge on any atom is -0.497 e. The van der Waals surface area contributed by atoms with Gasteiger partial charge < -0.3 is 9.30 Å². The predicted octanol–water partition coefficient (Wildman–Crippen LogP) is 2.50. The van der Waals surface area contributed by atoms with Crippen LogP contribution in [0.5, 0.6) is 5.75 Å². The molecule has 3 rings (SSSR count). The van der Waals surface area contributed by atoms with Crippen LogP contribution >= 0.6 is 0 Å². The summed E-state index contributed by atoms with van der Waals surface area (Å²) in [6.45, 7) is 2.06. The number of nitrogens with one attached hydrogen (secondary N) is 1. The first-order valence-electron chi connectivity index (χ1n) is 7.55. The van der Waals surface area contributed by atoms with E-state index in [1.807, 2.05) is 60.0 Å². The van der Waals surface area contributed by atoms with Gasteiger partial charge in [0.05, 0.1) is 24.4 Å². The lowest BCUT2D eigenvalue weighted by Gasteiger charge is -2.05. The molecule has 0 aliphatic carbocycles. The molecular weight excluding hydrogens is 304 g/mol. The van der Waals surface area contributed by atoms with Gasteiger partial charge in [-0.2, -0.15) is 5.10 Å². The van der Waals surface area contributed by atoms with E-state index in [4.69, 9.17) is 4.74 Å². The van der Waals surface area contributed by atoms with Crippen LogP contribution in [0, 0.1) is 6.92 Å². The van der Waals surface area contributed by atoms with E-state index in [0.717, 1.165) is 28.2 Å². The van der Waals surface area contributed by atoms with Gasteiger partial charge in [-0.15, -0.1) is 0 Å². The van der Waals surface area contributed by atoms with E-state index in [1.54, 1.807) is 13.3 Å². The second-order valence-electron chi connectivity index (χ2n) is 5.30. The quantitative estimate of drug-likeness (QED) is 0.580. The Labute approximate surface area is 139 Å². The number of ether oxygens (including phenoxy) is 1. The summed E-state index contributed by atoms with van der Waals surface area (Å²) in [5.41, 5.74) is 5.23. The van der Waals surface area contributed by atoms with Gasteiger partial charge in [0.15, 0.2) is 0 Å². The number of benzene rings is 2. The molecule has 0 radical (unpaired) electrons. The van der Waals surface area contributed by atoms with Gasteiger partial charge in [-0.25, -0.2) is 10.4 Å². The molecule has 6 nitrogen and oxygen atoms in total. The van der Waals surface area contributed by atoms with Crippen LogP contribution in [0.4, 0.5) is 0 Å². The summed E-state index contributed by atoms with van der Waals surface area (Å²) < 4.78 is 6.96. The van der Waals surface area contributed by atoms with Gasteiger partial charge in [-0.1, -0.05) is 12.1 Å². The van der Waals surface area contributed by atoms with E-state index in [2.05, 4.69) is 15.5 Å². The van der Waals surface area contributed by atoms with Crippen molar-refractivity contribution in [3.8, 4) is 5.75 Å². The molecule has 122 valence electrons. The largest absolute Gasteiger partial charge is 0.497 e. The lowest BCUT2D eigenvalue weighted by molar-refractivity contribution is -0.121. The van der Waals surface area contributed by atoms with Crippen LogP contribution in [0.15, 0.2) is 53.6 Å². The second kappa shape index (κ2) is 6.95. The van der Waals surface area contributed by atoms with Crippen molar-refractivity contribution in [2.24, 2.45) is 5.10 Å². The van der Waals surface area contributed by atoms with E-state index in [1.165, 1.54) is 0 Å². The number of hydrogen-bond donors (Lipinski definition) is 1. The normalized spacial score (nSPS) is 11.1. The Bertz CT molecular complexity index is 882. The van der Waals surface area contributed by atoms with E-state index < -0.39 is 0 Å². The Hall–Kier alpha value is -3.15. The summed E-state index contributed by atoms with van der Waals surface area (Å²) in [5.74, 6) is 1.37. The summed E-state index contributed by atoms with van der Waals surface area (Å²) in [6.07, 6.45) is 1.59. The maximum Gasteiger partial charge on any atom is 0.260 e. The Morgan fingerprint density at radius 1 is 1.25 bits per heavy atom. The Balaban J connectivity index is 1.64. The fraction of sp³-hybridized carbons (Fsp3) is 0.167. The van der Waals surface area contributed by atoms with Crippen molar-refractivity contribution in [2.45, 2.75) is 13.5 Å². The zero-order valence-electron chi connectivity index (χ0n) is 13.6. The van der Waals surface area contributed by atoms with Gasteiger partial charge in [0.25, 0.3) is 5.91 Å². The SMILES string of the molecule is COc1ccc(/C=N/NC(=O)Cn2c(C)nc3ccccc32)cc1. The Morgan fingerprint density at radius 2 is 2.00 bits per heavy atom. The number of hydrazone groups is 1. The standard InChI is InChI=1S/C18H18N4O2/c1-13-20-16-5-3-4-6-17(16)22(13)12-18(23)21-19-11-14-7-9-15(24-2)10-8-14/h3-11H,12H2,1-2H3,(H,21,23)/b19-11+. The monoisotopic (exact) mass is 322 g/mol. The molecule has 0 aliphatic rings. The number of imidazole rings is 1. The van der Waals surface area contributed by atoms with E-state index in [9.17, 15) is 4.79 Å². The minimum atomic E-state index is -0.203. The molecule has 1 N–H and O–H groups in total. The van der Waals surface area contributed by atoms with E-state index in [0.29, 0.717) is 0 Å². The van der Waals surface area contributed by atoms with E-state index >= 15 is 0 Å². The van der Waals surface area contributed by atoms with Crippen molar-refractivity contribution in [2.75, 3.05) is 7.11 Å². The summed E-state index contributed by atoms with van der Waals surface area (Å²) >= 11 is 0. The molecule has 1 aromatic heterocycles. The minimum absolute atomic E-state index is 0.173. The van der Waals surface area contributed by atoms with Gasteiger partial charge in [0.2, 0.25) is 0 Å². The molecule has 0 unspecified atom stereocenters. The number of methoxy groups -OCH3 is 1. The molecule has 0 spiro atoms. The molecule has 0 atom stereocenters. The number of aryl methyl sites for hydroxylation is 1. The van der Waals surface area contributed by atoms with Crippen molar-refractivity contribution in [1.82, 2.24) is 15.0 Å². The lowest BCUT2D eigenvalue weighted by atomic mass is 10.2. The van der Waals surface area contributed by atoms with Gasteiger partial charge in [0, 0.05) is 0 Å². The maximum atomic E-state index is 12.1. The van der Waals surface area contributed by atoms with Crippen LogP contribution in [-0.4, -0.2) is 28.8 Å². The number of amides is 1. The first kappa shape index (κ1) is 15.7. The summed E-state index contributed by atoms with van der Waals surface area (Å²) in [4.78, 5) is 16.5. The van der Waals surface area contributed by atoms with Crippen molar-refractivity contribution >= 4 is 23.2 Å². The van der Waals surface area contributed by atoms with Crippen molar-refractivity contribution in [3.63, 3.8) is 0 Å². The summed E-state index contributed by atoms with van der Waals surface area (Å²) in [6, 6.07) is 15.1. The second-order valence-corrected chi connectivity index (χ2v) is 5.30. The van der Waals surface area contributed by atoms with Gasteiger partial charge >= 0.3 is 0 Å². The number of hydrogen-bond acceptors (Lipinski definition) is 4. The van der Waals surface area contributed by atoms with Crippen LogP contribution in [0.25, 0.3) is 11.0 Å². The molecular formula is C18H18N4O2. The van der Waals surface area contributed by atoms with Gasteiger partial charge in [-0.3, -0.25) is 4.79 Å². The highest BCUT2D eigenvalue weighted by Crippen LogP contribution is 2.15. The number of nitrogens with zero attached hydrogens (tertiary/aromatic N) is 3. The molecule has 6 heteroatoms. The highest BCUT2D eigenvalue weighted by molar-refractivity contribution is 5.84. The fourth-order valence-corrected chi connectivity index (χ4v) is 2.44. The van der Waals surface area contributed by atoms with Crippen LogP contribution in [0.3, 0.4) is 0 Å². The first-order chi connectivity index (χ1) is 11.7. The number of carbonyl (C=O) groups excluding carboxylic acids is 1. The van der Waals surface area contributed by atoms with Crippen molar-refractivity contribution < 1.29 is 9.53 Å². The van der Waals surface area contributed by atoms with Gasteiger partial charge in [-0.05, 0) is 48.9 Å². The molecule has 0 aliphatic heterocycles. The zero-order chi connectivity index (χ0) is 16.9. The van der Waals surface area contributed by atoms with Crippen molar-refractivity contribution in [1.29, 1.82) is 0 Å². The molecule has 0 fully saturated rings. The fourth-order valence-electron chi connectivity index (χ4n) is 2.44. The summed E-state index contributed by atoms with van der Waals surface area (Å²) in [5, 5.41) is 3.99. The smallest absolute Gasteiger partial charge is 0.260 e. The third-order valence-electron chi connectivity index (χ3n) is 3.67. The van der Waals surface area contributed by atoms with Crippen LogP contribution in [0.1, 0.15) is 11.4 Å². The number of fused-ring (bicyclic) bond motifs is 1. The Kier molecular flexibility index (Phi) is 4.56. The van der Waals surface area contributed by atoms with Crippen LogP contribution < -0.4 is 10.2 Å². The molecule has 2 aromatic carbocycles. The zero-order valence-corrected chi connectivity index (χ0v) is 13.6. The lowest BCUT2D eigenvalue weighted by Crippen LogP contribution is -2.23. The third-order valence-corrected chi connectivity index (χ3v) is 3.67. The number of aromatic nitrogens is 2. The van der Waals surface area contributed by atoms with Crippen LogP contribution in [-0.2, 0) is 11.3 Å². The average Bonchev–Trinajstić information content (AvgIpc) is 2.91. The van der Waals surface area contributed by atoms with Crippen LogP contribution in [0.2, 0.25) is 0 Å². The molecule has 1 heterocycles. The van der Waals surface area contributed by atoms with E-state index in [-0.39, 0.29) is 12.5 Å². The molecule has 24 heavy (non-hydrogen) atoms. The molecule has 3 aromatic rings. The number of para-hydroxylation sites is 2. The number of carbonyl (C=O) groups is 1. The average molecular weight is 322 g/mol. The highest BCUT2D eigenvalue weighted by atomic mass is 16.5. The molecule has 0 saturated heterocycles.